The summed E-state index contributed by atoms with van der Waals surface area (Å²) in [5.74, 6) is -0.194. The highest BCUT2D eigenvalue weighted by Gasteiger charge is 2.17. The summed E-state index contributed by atoms with van der Waals surface area (Å²) in [4.78, 5) is 16.7. The van der Waals surface area contributed by atoms with Gasteiger partial charge in [0.15, 0.2) is 5.69 Å². The van der Waals surface area contributed by atoms with E-state index >= 15 is 0 Å². The molecule has 1 amide bonds. The molecule has 7 heteroatoms. The minimum absolute atomic E-state index is 0. The molecule has 2 N–H and O–H groups in total. The first-order valence-electron chi connectivity index (χ1n) is 8.21. The van der Waals surface area contributed by atoms with Crippen molar-refractivity contribution in [1.82, 2.24) is 20.1 Å². The van der Waals surface area contributed by atoms with E-state index in [0.29, 0.717) is 11.7 Å². The molecule has 1 aromatic carbocycles. The van der Waals surface area contributed by atoms with Crippen molar-refractivity contribution in [2.75, 3.05) is 18.4 Å². The van der Waals surface area contributed by atoms with Crippen LogP contribution in [-0.2, 0) is 0 Å². The second-order valence-corrected chi connectivity index (χ2v) is 6.05. The SMILES string of the molecule is Cl.O=C(Nc1ccc2ncccc2c1)c1ccn(C2CCCNC2)n1. The quantitative estimate of drug-likeness (QED) is 0.755. The van der Waals surface area contributed by atoms with Gasteiger partial charge in [-0.1, -0.05) is 6.07 Å². The summed E-state index contributed by atoms with van der Waals surface area (Å²) < 4.78 is 1.89. The number of nitrogens with zero attached hydrogens (tertiary/aromatic N) is 3. The van der Waals surface area contributed by atoms with E-state index in [1.165, 1.54) is 0 Å². The van der Waals surface area contributed by atoms with Gasteiger partial charge >= 0.3 is 0 Å². The Bertz CT molecular complexity index is 873. The summed E-state index contributed by atoms with van der Waals surface area (Å²) in [6.45, 7) is 1.96. The molecule has 6 nitrogen and oxygen atoms in total. The van der Waals surface area contributed by atoms with Crippen molar-refractivity contribution in [3.63, 3.8) is 0 Å². The highest BCUT2D eigenvalue weighted by molar-refractivity contribution is 6.03. The average molecular weight is 358 g/mol. The normalized spacial score (nSPS) is 17.0. The number of benzene rings is 1. The van der Waals surface area contributed by atoms with Crippen LogP contribution >= 0.6 is 12.4 Å². The number of hydrogen-bond donors (Lipinski definition) is 2. The van der Waals surface area contributed by atoms with E-state index in [0.717, 1.165) is 42.5 Å². The average Bonchev–Trinajstić information content (AvgIpc) is 3.13. The number of amides is 1. The van der Waals surface area contributed by atoms with Gasteiger partial charge in [-0.15, -0.1) is 12.4 Å². The standard InChI is InChI=1S/C18H19N5O.ClH/c24-18(17-7-10-23(22-17)15-4-2-8-19-12-15)21-14-5-6-16-13(11-14)3-1-9-20-16;/h1,3,5-7,9-11,15,19H,2,4,8,12H2,(H,21,24);1H. The summed E-state index contributed by atoms with van der Waals surface area (Å²) in [7, 11) is 0. The van der Waals surface area contributed by atoms with Gasteiger partial charge in [0.1, 0.15) is 0 Å². The molecular weight excluding hydrogens is 338 g/mol. The second kappa shape index (κ2) is 7.63. The Morgan fingerprint density at radius 2 is 2.20 bits per heavy atom. The number of aromatic nitrogens is 3. The van der Waals surface area contributed by atoms with Crippen LogP contribution in [0.15, 0.2) is 48.8 Å². The maximum Gasteiger partial charge on any atom is 0.276 e. The summed E-state index contributed by atoms with van der Waals surface area (Å²) in [6, 6.07) is 11.6. The van der Waals surface area contributed by atoms with E-state index in [1.54, 1.807) is 12.3 Å². The van der Waals surface area contributed by atoms with E-state index in [4.69, 9.17) is 0 Å². The zero-order chi connectivity index (χ0) is 16.4. The van der Waals surface area contributed by atoms with Crippen molar-refractivity contribution < 1.29 is 4.79 Å². The molecule has 0 radical (unpaired) electrons. The minimum atomic E-state index is -0.194. The van der Waals surface area contributed by atoms with Crippen LogP contribution in [0, 0.1) is 0 Å². The number of pyridine rings is 1. The Hall–Kier alpha value is -2.44. The van der Waals surface area contributed by atoms with Gasteiger partial charge in [-0.3, -0.25) is 14.5 Å². The highest BCUT2D eigenvalue weighted by Crippen LogP contribution is 2.19. The Labute approximate surface area is 152 Å². The fourth-order valence-electron chi connectivity index (χ4n) is 3.07. The van der Waals surface area contributed by atoms with Crippen LogP contribution in [-0.4, -0.2) is 33.8 Å². The van der Waals surface area contributed by atoms with Crippen LogP contribution in [0.25, 0.3) is 10.9 Å². The topological polar surface area (TPSA) is 71.8 Å². The molecule has 3 aromatic rings. The van der Waals surface area contributed by atoms with Crippen LogP contribution in [0.4, 0.5) is 5.69 Å². The van der Waals surface area contributed by atoms with Crippen molar-refractivity contribution in [1.29, 1.82) is 0 Å². The molecule has 1 aliphatic rings. The third-order valence-corrected chi connectivity index (χ3v) is 4.35. The van der Waals surface area contributed by atoms with Gasteiger partial charge in [-0.25, -0.2) is 0 Å². The Morgan fingerprint density at radius 1 is 1.28 bits per heavy atom. The monoisotopic (exact) mass is 357 g/mol. The van der Waals surface area contributed by atoms with Gasteiger partial charge in [-0.2, -0.15) is 5.10 Å². The number of fused-ring (bicyclic) bond motifs is 1. The number of piperidine rings is 1. The van der Waals surface area contributed by atoms with Crippen LogP contribution in [0.3, 0.4) is 0 Å². The van der Waals surface area contributed by atoms with Gasteiger partial charge < -0.3 is 10.6 Å². The third kappa shape index (κ3) is 3.81. The lowest BCUT2D eigenvalue weighted by Gasteiger charge is -2.22. The maximum atomic E-state index is 12.4. The molecule has 0 bridgehead atoms. The number of carbonyl (C=O) groups is 1. The van der Waals surface area contributed by atoms with Crippen LogP contribution in [0.1, 0.15) is 29.4 Å². The number of carbonyl (C=O) groups excluding carboxylic acids is 1. The van der Waals surface area contributed by atoms with Crippen molar-refractivity contribution >= 4 is 34.9 Å². The van der Waals surface area contributed by atoms with Gasteiger partial charge in [0, 0.05) is 30.0 Å². The smallest absolute Gasteiger partial charge is 0.276 e. The highest BCUT2D eigenvalue weighted by atomic mass is 35.5. The summed E-state index contributed by atoms with van der Waals surface area (Å²) in [5.41, 5.74) is 2.09. The predicted octanol–water partition coefficient (Wildman–Crippen LogP) is 3.03. The number of nitrogens with one attached hydrogen (secondary N) is 2. The third-order valence-electron chi connectivity index (χ3n) is 4.35. The molecule has 130 valence electrons. The molecule has 4 rings (SSSR count). The number of rotatable bonds is 3. The molecule has 1 atom stereocenters. The van der Waals surface area contributed by atoms with Crippen molar-refractivity contribution in [3.8, 4) is 0 Å². The second-order valence-electron chi connectivity index (χ2n) is 6.05. The Kier molecular flexibility index (Phi) is 5.31. The van der Waals surface area contributed by atoms with E-state index < -0.39 is 0 Å². The van der Waals surface area contributed by atoms with E-state index in [9.17, 15) is 4.79 Å². The summed E-state index contributed by atoms with van der Waals surface area (Å²) >= 11 is 0. The molecule has 25 heavy (non-hydrogen) atoms. The minimum Gasteiger partial charge on any atom is -0.321 e. The van der Waals surface area contributed by atoms with E-state index in [2.05, 4.69) is 20.7 Å². The molecule has 1 saturated heterocycles. The van der Waals surface area contributed by atoms with Crippen LogP contribution in [0.5, 0.6) is 0 Å². The van der Waals surface area contributed by atoms with Gasteiger partial charge in [0.2, 0.25) is 0 Å². The number of hydrogen-bond acceptors (Lipinski definition) is 4. The molecule has 1 fully saturated rings. The first-order chi connectivity index (χ1) is 11.8. The zero-order valence-electron chi connectivity index (χ0n) is 13.7. The largest absolute Gasteiger partial charge is 0.321 e. The number of anilines is 1. The van der Waals surface area contributed by atoms with Gasteiger partial charge in [-0.05, 0) is 49.7 Å². The fourth-order valence-corrected chi connectivity index (χ4v) is 3.07. The summed E-state index contributed by atoms with van der Waals surface area (Å²) in [6.07, 6.45) is 5.87. The van der Waals surface area contributed by atoms with E-state index in [-0.39, 0.29) is 18.3 Å². The Morgan fingerprint density at radius 3 is 3.04 bits per heavy atom. The van der Waals surface area contributed by atoms with Gasteiger partial charge in [0.25, 0.3) is 5.91 Å². The molecule has 1 aliphatic heterocycles. The lowest BCUT2D eigenvalue weighted by Crippen LogP contribution is -2.32. The molecule has 3 heterocycles. The molecule has 0 aliphatic carbocycles. The van der Waals surface area contributed by atoms with Gasteiger partial charge in [0.05, 0.1) is 11.6 Å². The van der Waals surface area contributed by atoms with Crippen molar-refractivity contribution in [2.45, 2.75) is 18.9 Å². The van der Waals surface area contributed by atoms with Crippen molar-refractivity contribution in [2.24, 2.45) is 0 Å². The first kappa shape index (κ1) is 17.4. The van der Waals surface area contributed by atoms with Crippen LogP contribution < -0.4 is 10.6 Å². The molecule has 0 saturated carbocycles. The molecule has 0 spiro atoms. The lowest BCUT2D eigenvalue weighted by molar-refractivity contribution is 0.102. The summed E-state index contributed by atoms with van der Waals surface area (Å²) in [5, 5.41) is 11.7. The number of halogens is 1. The first-order valence-corrected chi connectivity index (χ1v) is 8.21. The molecular formula is C18H20ClN5O. The molecule has 2 aromatic heterocycles. The zero-order valence-corrected chi connectivity index (χ0v) is 14.5. The van der Waals surface area contributed by atoms with Crippen molar-refractivity contribution in [3.05, 3.63) is 54.5 Å². The van der Waals surface area contributed by atoms with E-state index in [1.807, 2.05) is 41.2 Å². The Balaban J connectivity index is 0.00000182. The molecule has 1 unspecified atom stereocenters. The fraction of sp³-hybridized carbons (Fsp3) is 0.278. The predicted molar refractivity (Wildman–Crippen MR) is 100 cm³/mol. The lowest BCUT2D eigenvalue weighted by atomic mass is 10.1. The maximum absolute atomic E-state index is 12.4. The van der Waals surface area contributed by atoms with Crippen LogP contribution in [0.2, 0.25) is 0 Å².